The summed E-state index contributed by atoms with van der Waals surface area (Å²) in [5.74, 6) is -0.283. The Hall–Kier alpha value is -3.23. The van der Waals surface area contributed by atoms with Gasteiger partial charge in [0.15, 0.2) is 6.04 Å². The van der Waals surface area contributed by atoms with Crippen LogP contribution in [-0.2, 0) is 11.4 Å². The lowest BCUT2D eigenvalue weighted by molar-refractivity contribution is -0.117. The van der Waals surface area contributed by atoms with E-state index in [4.69, 9.17) is 0 Å². The number of hydrogen-bond acceptors (Lipinski definition) is 7. The number of nitrogens with zero attached hydrogens (tertiary/aromatic N) is 5. The fourth-order valence-corrected chi connectivity index (χ4v) is 3.67. The predicted molar refractivity (Wildman–Crippen MR) is 114 cm³/mol. The number of aromatic nitrogens is 1. The van der Waals surface area contributed by atoms with E-state index in [9.17, 15) is 9.90 Å². The van der Waals surface area contributed by atoms with Crippen LogP contribution in [0.25, 0.3) is 11.3 Å². The van der Waals surface area contributed by atoms with Crippen LogP contribution in [0.4, 0.5) is 10.8 Å². The first-order valence-corrected chi connectivity index (χ1v) is 9.95. The minimum absolute atomic E-state index is 0.0760. The maximum Gasteiger partial charge on any atom is 0.282 e. The lowest BCUT2D eigenvalue weighted by Crippen LogP contribution is -2.29. The van der Waals surface area contributed by atoms with E-state index in [1.54, 1.807) is 31.2 Å². The van der Waals surface area contributed by atoms with Gasteiger partial charge in [-0.25, -0.2) is 4.98 Å². The van der Waals surface area contributed by atoms with Gasteiger partial charge in [-0.05, 0) is 31.5 Å². The van der Waals surface area contributed by atoms with Crippen LogP contribution in [0.15, 0.2) is 69.2 Å². The third-order valence-corrected chi connectivity index (χ3v) is 5.31. The molecule has 1 atom stereocenters. The Bertz CT molecular complexity index is 1100. The summed E-state index contributed by atoms with van der Waals surface area (Å²) in [5, 5.41) is 25.6. The van der Waals surface area contributed by atoms with E-state index >= 15 is 0 Å². The van der Waals surface area contributed by atoms with E-state index < -0.39 is 6.04 Å². The van der Waals surface area contributed by atoms with Crippen molar-refractivity contribution in [1.82, 2.24) is 4.98 Å². The maximum absolute atomic E-state index is 12.8. The lowest BCUT2D eigenvalue weighted by atomic mass is 10.1. The van der Waals surface area contributed by atoms with Crippen molar-refractivity contribution in [3.8, 4) is 11.3 Å². The number of rotatable bonds is 5. The van der Waals surface area contributed by atoms with Gasteiger partial charge in [0, 0.05) is 10.9 Å². The molecule has 1 unspecified atom stereocenters. The summed E-state index contributed by atoms with van der Waals surface area (Å²) in [6.45, 7) is 3.71. The molecular weight excluding hydrogens is 386 g/mol. The number of aryl methyl sites for hydroxylation is 1. The van der Waals surface area contributed by atoms with Gasteiger partial charge in [-0.3, -0.25) is 4.79 Å². The molecule has 0 saturated carbocycles. The van der Waals surface area contributed by atoms with E-state index in [-0.39, 0.29) is 12.5 Å². The van der Waals surface area contributed by atoms with Crippen LogP contribution in [0, 0.1) is 6.92 Å². The summed E-state index contributed by atoms with van der Waals surface area (Å²) in [4.78, 5) is 17.4. The van der Waals surface area contributed by atoms with E-state index in [1.807, 2.05) is 36.6 Å². The SMILES string of the molecule is CC1=NN(c2nc(-c3ccc(C)cc3)cs2)C(=O)C1N=Nc1cccc(CO)c1. The van der Waals surface area contributed by atoms with E-state index in [0.717, 1.165) is 16.8 Å². The zero-order valence-electron chi connectivity index (χ0n) is 16.0. The number of aliphatic hydroxyl groups excluding tert-OH is 1. The average molecular weight is 405 g/mol. The van der Waals surface area contributed by atoms with Crippen molar-refractivity contribution in [1.29, 1.82) is 0 Å². The summed E-state index contributed by atoms with van der Waals surface area (Å²) >= 11 is 1.36. The van der Waals surface area contributed by atoms with Gasteiger partial charge in [-0.15, -0.1) is 11.3 Å². The van der Waals surface area contributed by atoms with Crippen molar-refractivity contribution in [3.05, 3.63) is 65.0 Å². The molecule has 1 N–H and O–H groups in total. The first-order valence-electron chi connectivity index (χ1n) is 9.07. The smallest absolute Gasteiger partial charge is 0.282 e. The zero-order valence-corrected chi connectivity index (χ0v) is 16.8. The number of benzene rings is 2. The van der Waals surface area contributed by atoms with Crippen molar-refractivity contribution in [2.75, 3.05) is 5.01 Å². The third kappa shape index (κ3) is 3.98. The molecule has 0 radical (unpaired) electrons. The maximum atomic E-state index is 12.8. The van der Waals surface area contributed by atoms with Gasteiger partial charge in [0.25, 0.3) is 5.91 Å². The van der Waals surface area contributed by atoms with E-state index in [1.165, 1.54) is 21.9 Å². The van der Waals surface area contributed by atoms with E-state index in [2.05, 4.69) is 20.3 Å². The largest absolute Gasteiger partial charge is 0.392 e. The number of carbonyl (C=O) groups excluding carboxylic acids is 1. The first-order chi connectivity index (χ1) is 14.0. The van der Waals surface area contributed by atoms with Gasteiger partial charge in [-0.1, -0.05) is 42.0 Å². The Morgan fingerprint density at radius 2 is 1.97 bits per heavy atom. The molecule has 1 aliphatic heterocycles. The molecule has 2 aromatic carbocycles. The van der Waals surface area contributed by atoms with E-state index in [0.29, 0.717) is 16.5 Å². The van der Waals surface area contributed by atoms with Crippen LogP contribution in [0.3, 0.4) is 0 Å². The highest BCUT2D eigenvalue weighted by molar-refractivity contribution is 7.14. The van der Waals surface area contributed by atoms with Crippen molar-refractivity contribution in [2.45, 2.75) is 26.5 Å². The molecule has 0 saturated heterocycles. The first kappa shape index (κ1) is 19.1. The van der Waals surface area contributed by atoms with Crippen LogP contribution in [0.1, 0.15) is 18.1 Å². The molecule has 1 aliphatic rings. The third-order valence-electron chi connectivity index (χ3n) is 4.50. The quantitative estimate of drug-likeness (QED) is 0.634. The highest BCUT2D eigenvalue weighted by Crippen LogP contribution is 2.30. The standard InChI is InChI=1S/C21H19N5O2S/c1-13-6-8-16(9-7-13)18-12-29-21(22-18)26-20(28)19(14(2)25-26)24-23-17-5-3-4-15(10-17)11-27/h3-10,12,19,27H,11H2,1-2H3. The molecule has 29 heavy (non-hydrogen) atoms. The summed E-state index contributed by atoms with van der Waals surface area (Å²) < 4.78 is 0. The number of hydrogen-bond donors (Lipinski definition) is 1. The minimum atomic E-state index is -0.778. The number of hydrazone groups is 1. The number of carbonyl (C=O) groups is 1. The van der Waals surface area contributed by atoms with Gasteiger partial charge in [0.1, 0.15) is 0 Å². The summed E-state index contributed by atoms with van der Waals surface area (Å²) in [6, 6.07) is 14.4. The molecule has 1 amide bonds. The summed E-state index contributed by atoms with van der Waals surface area (Å²) in [7, 11) is 0. The summed E-state index contributed by atoms with van der Waals surface area (Å²) in [5.41, 5.74) is 4.84. The minimum Gasteiger partial charge on any atom is -0.392 e. The van der Waals surface area contributed by atoms with Gasteiger partial charge < -0.3 is 5.11 Å². The molecular formula is C21H19N5O2S. The number of azo groups is 1. The zero-order chi connectivity index (χ0) is 20.4. The van der Waals surface area contributed by atoms with Gasteiger partial charge in [-0.2, -0.15) is 20.3 Å². The average Bonchev–Trinajstić information content (AvgIpc) is 3.32. The normalized spacial score (nSPS) is 16.7. The number of thiazole rings is 1. The molecule has 8 heteroatoms. The number of amides is 1. The van der Waals surface area contributed by atoms with Gasteiger partial charge >= 0.3 is 0 Å². The van der Waals surface area contributed by atoms with Crippen molar-refractivity contribution >= 4 is 33.8 Å². The highest BCUT2D eigenvalue weighted by Gasteiger charge is 2.36. The number of anilines is 1. The fraction of sp³-hybridized carbons (Fsp3) is 0.190. The lowest BCUT2D eigenvalue weighted by Gasteiger charge is -2.08. The van der Waals surface area contributed by atoms with Crippen molar-refractivity contribution < 1.29 is 9.90 Å². The van der Waals surface area contributed by atoms with Gasteiger partial charge in [0.2, 0.25) is 5.13 Å². The molecule has 0 fully saturated rings. The molecule has 7 nitrogen and oxygen atoms in total. The second-order valence-corrected chi connectivity index (χ2v) is 7.56. The van der Waals surface area contributed by atoms with Crippen LogP contribution in [0.2, 0.25) is 0 Å². The fourth-order valence-electron chi connectivity index (χ4n) is 2.89. The molecule has 4 rings (SSSR count). The topological polar surface area (TPSA) is 90.5 Å². The van der Waals surface area contributed by atoms with Crippen molar-refractivity contribution in [3.63, 3.8) is 0 Å². The van der Waals surface area contributed by atoms with Crippen molar-refractivity contribution in [2.24, 2.45) is 15.3 Å². The van der Waals surface area contributed by atoms with Crippen LogP contribution in [0.5, 0.6) is 0 Å². The second kappa shape index (κ2) is 8.02. The Balaban J connectivity index is 1.53. The number of aliphatic hydroxyl groups is 1. The Labute approximate surface area is 172 Å². The summed E-state index contributed by atoms with van der Waals surface area (Å²) in [6.07, 6.45) is 0. The van der Waals surface area contributed by atoms with Crippen LogP contribution < -0.4 is 5.01 Å². The monoisotopic (exact) mass is 405 g/mol. The van der Waals surface area contributed by atoms with Crippen LogP contribution >= 0.6 is 11.3 Å². The highest BCUT2D eigenvalue weighted by atomic mass is 32.1. The molecule has 1 aromatic heterocycles. The Kier molecular flexibility index (Phi) is 5.28. The molecule has 0 bridgehead atoms. The van der Waals surface area contributed by atoms with Crippen LogP contribution in [-0.4, -0.2) is 27.8 Å². The Morgan fingerprint density at radius 1 is 1.17 bits per heavy atom. The Morgan fingerprint density at radius 3 is 2.72 bits per heavy atom. The molecule has 3 aromatic rings. The predicted octanol–water partition coefficient (Wildman–Crippen LogP) is 4.49. The van der Waals surface area contributed by atoms with Gasteiger partial charge in [0.05, 0.1) is 23.7 Å². The second-order valence-electron chi connectivity index (χ2n) is 6.72. The molecule has 2 heterocycles. The molecule has 0 spiro atoms. The molecule has 146 valence electrons. The molecule has 0 aliphatic carbocycles.